The first-order chi connectivity index (χ1) is 13.8. The molecule has 0 aliphatic rings. The minimum Gasteiger partial charge on any atom is -0.471 e. The van der Waals surface area contributed by atoms with Gasteiger partial charge in [-0.3, -0.25) is 0 Å². The molecule has 10 heteroatoms. The molecule has 4 aromatic rings. The summed E-state index contributed by atoms with van der Waals surface area (Å²) in [7, 11) is 1.52. The van der Waals surface area contributed by atoms with Crippen molar-refractivity contribution in [3.8, 4) is 17.3 Å². The Bertz CT molecular complexity index is 1170. The van der Waals surface area contributed by atoms with Crippen LogP contribution < -0.4 is 4.74 Å². The highest BCUT2D eigenvalue weighted by Gasteiger charge is 2.34. The van der Waals surface area contributed by atoms with Crippen molar-refractivity contribution < 1.29 is 17.9 Å². The molecule has 3 heterocycles. The third kappa shape index (κ3) is 4.00. The lowest BCUT2D eigenvalue weighted by atomic mass is 10.1. The van der Waals surface area contributed by atoms with E-state index in [0.717, 1.165) is 11.8 Å². The Morgan fingerprint density at radius 3 is 2.52 bits per heavy atom. The molecular formula is C19H13ClF3N5O. The summed E-state index contributed by atoms with van der Waals surface area (Å²) in [5.74, 6) is 0.478. The number of ether oxygens (including phenoxy) is 1. The predicted octanol–water partition coefficient (Wildman–Crippen LogP) is 4.68. The Morgan fingerprint density at radius 2 is 1.83 bits per heavy atom. The second-order valence-corrected chi connectivity index (χ2v) is 6.55. The van der Waals surface area contributed by atoms with Gasteiger partial charge in [-0.05, 0) is 29.3 Å². The molecule has 0 amide bonds. The van der Waals surface area contributed by atoms with Crippen LogP contribution in [0.3, 0.4) is 0 Å². The number of pyridine rings is 1. The number of alkyl halides is 3. The number of imidazole rings is 1. The molecule has 0 unspecified atom stereocenters. The largest absolute Gasteiger partial charge is 0.471 e. The molecule has 4 rings (SSSR count). The second-order valence-electron chi connectivity index (χ2n) is 6.21. The minimum absolute atomic E-state index is 0.0473. The number of rotatable bonds is 4. The van der Waals surface area contributed by atoms with Crippen LogP contribution in [0.1, 0.15) is 11.3 Å². The maximum atomic E-state index is 12.8. The Labute approximate surface area is 168 Å². The van der Waals surface area contributed by atoms with Gasteiger partial charge in [-0.25, -0.2) is 15.0 Å². The van der Waals surface area contributed by atoms with Gasteiger partial charge in [0.1, 0.15) is 12.4 Å². The number of hydrogen-bond acceptors (Lipinski definition) is 5. The van der Waals surface area contributed by atoms with Gasteiger partial charge < -0.3 is 9.30 Å². The van der Waals surface area contributed by atoms with Crippen LogP contribution in [0.4, 0.5) is 13.2 Å². The van der Waals surface area contributed by atoms with Crippen LogP contribution in [0.15, 0.2) is 48.8 Å². The number of fused-ring (bicyclic) bond motifs is 1. The molecule has 148 valence electrons. The maximum absolute atomic E-state index is 12.8. The SMILES string of the molecule is Cn1cc(C(F)(F)F)nc1-c1ccc(COc2nc(Cl)nc3cccnc23)cc1. The number of aryl methyl sites for hydroxylation is 1. The van der Waals surface area contributed by atoms with E-state index in [2.05, 4.69) is 19.9 Å². The number of aromatic nitrogens is 5. The molecule has 0 radical (unpaired) electrons. The van der Waals surface area contributed by atoms with Crippen LogP contribution in [0.2, 0.25) is 5.28 Å². The predicted molar refractivity (Wildman–Crippen MR) is 100 cm³/mol. The molecule has 0 aliphatic carbocycles. The van der Waals surface area contributed by atoms with Gasteiger partial charge in [0.05, 0.1) is 5.52 Å². The van der Waals surface area contributed by atoms with E-state index in [1.165, 1.54) is 11.6 Å². The maximum Gasteiger partial charge on any atom is 0.434 e. The van der Waals surface area contributed by atoms with E-state index in [1.54, 1.807) is 42.6 Å². The summed E-state index contributed by atoms with van der Waals surface area (Å²) in [6, 6.07) is 10.3. The van der Waals surface area contributed by atoms with Gasteiger partial charge in [0, 0.05) is 25.0 Å². The van der Waals surface area contributed by atoms with Crippen molar-refractivity contribution in [2.45, 2.75) is 12.8 Å². The Hall–Kier alpha value is -3.20. The lowest BCUT2D eigenvalue weighted by Crippen LogP contribution is -2.04. The molecule has 0 aliphatic heterocycles. The van der Waals surface area contributed by atoms with E-state index >= 15 is 0 Å². The molecule has 0 atom stereocenters. The fraction of sp³-hybridized carbons (Fsp3) is 0.158. The van der Waals surface area contributed by atoms with Crippen molar-refractivity contribution in [1.29, 1.82) is 0 Å². The van der Waals surface area contributed by atoms with Gasteiger partial charge in [0.15, 0.2) is 11.2 Å². The number of benzene rings is 1. The Balaban J connectivity index is 1.54. The highest BCUT2D eigenvalue weighted by Crippen LogP contribution is 2.30. The van der Waals surface area contributed by atoms with Crippen molar-refractivity contribution in [2.75, 3.05) is 0 Å². The quantitative estimate of drug-likeness (QED) is 0.449. The van der Waals surface area contributed by atoms with Gasteiger partial charge >= 0.3 is 6.18 Å². The molecule has 29 heavy (non-hydrogen) atoms. The third-order valence-electron chi connectivity index (χ3n) is 4.15. The lowest BCUT2D eigenvalue weighted by molar-refractivity contribution is -0.140. The lowest BCUT2D eigenvalue weighted by Gasteiger charge is -2.08. The van der Waals surface area contributed by atoms with Crippen LogP contribution in [-0.2, 0) is 19.8 Å². The van der Waals surface area contributed by atoms with Gasteiger partial charge in [-0.15, -0.1) is 0 Å². The zero-order valence-corrected chi connectivity index (χ0v) is 15.7. The average Bonchev–Trinajstić information content (AvgIpc) is 3.08. The molecule has 0 bridgehead atoms. The number of nitrogens with zero attached hydrogens (tertiary/aromatic N) is 5. The summed E-state index contributed by atoms with van der Waals surface area (Å²) in [6.45, 7) is 0.174. The molecule has 0 spiro atoms. The van der Waals surface area contributed by atoms with Crippen LogP contribution >= 0.6 is 11.6 Å². The van der Waals surface area contributed by atoms with E-state index < -0.39 is 11.9 Å². The normalized spacial score (nSPS) is 11.8. The van der Waals surface area contributed by atoms with Crippen LogP contribution in [0.5, 0.6) is 5.88 Å². The molecule has 0 fully saturated rings. The first kappa shape index (κ1) is 19.1. The van der Waals surface area contributed by atoms with Gasteiger partial charge in [0.2, 0.25) is 11.2 Å². The van der Waals surface area contributed by atoms with E-state index in [4.69, 9.17) is 16.3 Å². The van der Waals surface area contributed by atoms with Crippen molar-refractivity contribution in [2.24, 2.45) is 7.05 Å². The van der Waals surface area contributed by atoms with Gasteiger partial charge in [-0.2, -0.15) is 18.2 Å². The summed E-state index contributed by atoms with van der Waals surface area (Å²) in [5.41, 5.74) is 1.47. The van der Waals surface area contributed by atoms with E-state index in [1.807, 2.05) is 0 Å². The fourth-order valence-electron chi connectivity index (χ4n) is 2.79. The molecule has 0 saturated heterocycles. The third-order valence-corrected chi connectivity index (χ3v) is 4.32. The van der Waals surface area contributed by atoms with Gasteiger partial charge in [-0.1, -0.05) is 24.3 Å². The van der Waals surface area contributed by atoms with E-state index in [0.29, 0.717) is 16.6 Å². The Morgan fingerprint density at radius 1 is 1.07 bits per heavy atom. The molecule has 0 N–H and O–H groups in total. The van der Waals surface area contributed by atoms with E-state index in [9.17, 15) is 13.2 Å². The molecule has 6 nitrogen and oxygen atoms in total. The highest BCUT2D eigenvalue weighted by atomic mass is 35.5. The monoisotopic (exact) mass is 419 g/mol. The smallest absolute Gasteiger partial charge is 0.434 e. The minimum atomic E-state index is -4.49. The summed E-state index contributed by atoms with van der Waals surface area (Å²) in [6.07, 6.45) is -1.92. The molecule has 0 saturated carbocycles. The van der Waals surface area contributed by atoms with E-state index in [-0.39, 0.29) is 23.6 Å². The standard InChI is InChI=1S/C19H13ClF3N5O/c1-28-9-14(19(21,22)23)26-16(28)12-6-4-11(5-7-12)10-29-17-15-13(3-2-8-24-15)25-18(20)27-17/h2-9H,10H2,1H3. The van der Waals surface area contributed by atoms with Crippen molar-refractivity contribution in [3.05, 3.63) is 65.3 Å². The zero-order chi connectivity index (χ0) is 20.6. The van der Waals surface area contributed by atoms with Crippen LogP contribution in [-0.4, -0.2) is 24.5 Å². The summed E-state index contributed by atoms with van der Waals surface area (Å²) < 4.78 is 45.6. The molecular weight excluding hydrogens is 407 g/mol. The molecule has 1 aromatic carbocycles. The number of halogens is 4. The Kier molecular flexibility index (Phi) is 4.83. The fourth-order valence-corrected chi connectivity index (χ4v) is 2.95. The van der Waals surface area contributed by atoms with Crippen molar-refractivity contribution >= 4 is 22.6 Å². The van der Waals surface area contributed by atoms with Crippen LogP contribution in [0.25, 0.3) is 22.4 Å². The number of hydrogen-bond donors (Lipinski definition) is 0. The molecule has 3 aromatic heterocycles. The van der Waals surface area contributed by atoms with Crippen LogP contribution in [0, 0.1) is 0 Å². The van der Waals surface area contributed by atoms with Gasteiger partial charge in [0.25, 0.3) is 0 Å². The summed E-state index contributed by atoms with van der Waals surface area (Å²) in [5, 5.41) is 0.0473. The van der Waals surface area contributed by atoms with Crippen molar-refractivity contribution in [1.82, 2.24) is 24.5 Å². The zero-order valence-electron chi connectivity index (χ0n) is 15.0. The summed E-state index contributed by atoms with van der Waals surface area (Å²) in [4.78, 5) is 16.0. The average molecular weight is 420 g/mol. The topological polar surface area (TPSA) is 65.7 Å². The first-order valence-corrected chi connectivity index (χ1v) is 8.80. The first-order valence-electron chi connectivity index (χ1n) is 8.42. The second kappa shape index (κ2) is 7.32. The summed E-state index contributed by atoms with van der Waals surface area (Å²) >= 11 is 5.92. The highest BCUT2D eigenvalue weighted by molar-refractivity contribution is 6.28. The van der Waals surface area contributed by atoms with Crippen molar-refractivity contribution in [3.63, 3.8) is 0 Å².